The fourth-order valence-electron chi connectivity index (χ4n) is 3.13. The number of halogens is 2. The number of anilines is 1. The fraction of sp³-hybridized carbons (Fsp3) is 0.0417. The molecule has 0 aliphatic rings. The minimum Gasteiger partial charge on any atom is -0.451 e. The molecule has 0 saturated carbocycles. The van der Waals surface area contributed by atoms with Crippen molar-refractivity contribution in [3.05, 3.63) is 112 Å². The molecule has 150 valence electrons. The number of carbonyl (C=O) groups is 1. The minimum absolute atomic E-state index is 0.139. The molecule has 0 aliphatic heterocycles. The Morgan fingerprint density at radius 2 is 1.63 bits per heavy atom. The lowest BCUT2D eigenvalue weighted by Crippen LogP contribution is -2.14. The van der Waals surface area contributed by atoms with Crippen LogP contribution in [0.4, 0.5) is 5.69 Å². The normalized spacial score (nSPS) is 11.8. The molecule has 0 unspecified atom stereocenters. The van der Waals surface area contributed by atoms with E-state index in [1.54, 1.807) is 54.6 Å². The van der Waals surface area contributed by atoms with Crippen LogP contribution in [0, 0.1) is 0 Å². The molecule has 1 atom stereocenters. The lowest BCUT2D eigenvalue weighted by molar-refractivity contribution is 0.0997. The Balaban J connectivity index is 1.60. The predicted octanol–water partition coefficient (Wildman–Crippen LogP) is 6.59. The molecule has 0 aliphatic carbocycles. The van der Waals surface area contributed by atoms with E-state index >= 15 is 0 Å². The largest absolute Gasteiger partial charge is 0.451 e. The van der Waals surface area contributed by atoms with Crippen LogP contribution in [0.3, 0.4) is 0 Å². The molecular formula is C24H17Cl2NO3. The van der Waals surface area contributed by atoms with E-state index in [2.05, 4.69) is 5.32 Å². The highest BCUT2D eigenvalue weighted by Crippen LogP contribution is 2.32. The topological polar surface area (TPSA) is 62.5 Å². The van der Waals surface area contributed by atoms with Crippen LogP contribution in [-0.2, 0) is 0 Å². The predicted molar refractivity (Wildman–Crippen MR) is 119 cm³/mol. The van der Waals surface area contributed by atoms with Crippen molar-refractivity contribution in [3.8, 4) is 11.3 Å². The van der Waals surface area contributed by atoms with Crippen LogP contribution in [0.25, 0.3) is 11.3 Å². The van der Waals surface area contributed by atoms with Crippen LogP contribution < -0.4 is 5.32 Å². The monoisotopic (exact) mass is 437 g/mol. The molecule has 1 heterocycles. The lowest BCUT2D eigenvalue weighted by atomic mass is 10.00. The van der Waals surface area contributed by atoms with E-state index in [0.717, 1.165) is 5.56 Å². The summed E-state index contributed by atoms with van der Waals surface area (Å²) in [4.78, 5) is 12.8. The van der Waals surface area contributed by atoms with Gasteiger partial charge in [0.2, 0.25) is 0 Å². The van der Waals surface area contributed by atoms with Crippen molar-refractivity contribution in [1.29, 1.82) is 0 Å². The van der Waals surface area contributed by atoms with E-state index in [-0.39, 0.29) is 5.76 Å². The third-order valence-corrected chi connectivity index (χ3v) is 5.08. The Morgan fingerprint density at radius 3 is 2.40 bits per heavy atom. The summed E-state index contributed by atoms with van der Waals surface area (Å²) in [7, 11) is 0. The van der Waals surface area contributed by atoms with Gasteiger partial charge >= 0.3 is 0 Å². The fourth-order valence-corrected chi connectivity index (χ4v) is 3.50. The van der Waals surface area contributed by atoms with Crippen LogP contribution in [0.15, 0.2) is 89.3 Å². The van der Waals surface area contributed by atoms with Crippen molar-refractivity contribution >= 4 is 34.8 Å². The summed E-state index contributed by atoms with van der Waals surface area (Å²) in [6.45, 7) is 0. The zero-order valence-electron chi connectivity index (χ0n) is 15.7. The van der Waals surface area contributed by atoms with Gasteiger partial charge < -0.3 is 14.8 Å². The first-order valence-corrected chi connectivity index (χ1v) is 9.96. The Kier molecular flexibility index (Phi) is 5.91. The van der Waals surface area contributed by atoms with Gasteiger partial charge in [0.05, 0.1) is 0 Å². The highest BCUT2D eigenvalue weighted by atomic mass is 35.5. The molecule has 1 aromatic heterocycles. The maximum Gasteiger partial charge on any atom is 0.291 e. The second-order valence-corrected chi connectivity index (χ2v) is 7.55. The van der Waals surface area contributed by atoms with Crippen LogP contribution in [0.5, 0.6) is 0 Å². The molecule has 4 nitrogen and oxygen atoms in total. The van der Waals surface area contributed by atoms with Crippen LogP contribution >= 0.6 is 23.2 Å². The first-order valence-electron chi connectivity index (χ1n) is 9.21. The number of nitrogens with one attached hydrogen (secondary N) is 1. The van der Waals surface area contributed by atoms with E-state index in [9.17, 15) is 9.90 Å². The zero-order valence-corrected chi connectivity index (χ0v) is 17.2. The minimum atomic E-state index is -0.946. The van der Waals surface area contributed by atoms with Crippen LogP contribution in [0.1, 0.15) is 27.8 Å². The molecule has 0 spiro atoms. The van der Waals surface area contributed by atoms with E-state index in [0.29, 0.717) is 32.6 Å². The molecule has 3 aromatic carbocycles. The summed E-state index contributed by atoms with van der Waals surface area (Å²) in [6, 6.07) is 24.6. The third kappa shape index (κ3) is 4.41. The molecule has 0 saturated heterocycles. The number of hydrogen-bond donors (Lipinski definition) is 2. The standard InChI is InChI=1S/C24H17Cl2NO3/c25-17-8-4-7-16(13-17)21-11-12-22(30-21)24(29)27-20-10-9-18(26)14-19(20)23(28)15-5-2-1-3-6-15/h1-14,23,28H,(H,27,29)/t23-/m1/s1. The van der Waals surface area contributed by atoms with Gasteiger partial charge in [-0.05, 0) is 48.0 Å². The maximum atomic E-state index is 12.8. The SMILES string of the molecule is O=C(Nc1ccc(Cl)cc1[C@H](O)c1ccccc1)c1ccc(-c2cccc(Cl)c2)o1. The van der Waals surface area contributed by atoms with Crippen molar-refractivity contribution in [2.75, 3.05) is 5.32 Å². The molecule has 0 fully saturated rings. The summed E-state index contributed by atoms with van der Waals surface area (Å²) in [6.07, 6.45) is -0.946. The van der Waals surface area contributed by atoms with E-state index < -0.39 is 12.0 Å². The Morgan fingerprint density at radius 1 is 0.867 bits per heavy atom. The zero-order chi connectivity index (χ0) is 21.1. The smallest absolute Gasteiger partial charge is 0.291 e. The van der Waals surface area contributed by atoms with E-state index in [1.165, 1.54) is 0 Å². The third-order valence-electron chi connectivity index (χ3n) is 4.61. The van der Waals surface area contributed by atoms with Gasteiger partial charge in [0.1, 0.15) is 11.9 Å². The van der Waals surface area contributed by atoms with Crippen molar-refractivity contribution in [1.82, 2.24) is 0 Å². The number of furan rings is 1. The van der Waals surface area contributed by atoms with Gasteiger partial charge in [0.25, 0.3) is 5.91 Å². The molecule has 6 heteroatoms. The summed E-state index contributed by atoms with van der Waals surface area (Å²) in [5.41, 5.74) is 2.40. The van der Waals surface area contributed by atoms with Gasteiger partial charge in [-0.15, -0.1) is 0 Å². The molecule has 0 radical (unpaired) electrons. The summed E-state index contributed by atoms with van der Waals surface area (Å²) >= 11 is 12.2. The lowest BCUT2D eigenvalue weighted by Gasteiger charge is -2.17. The highest BCUT2D eigenvalue weighted by molar-refractivity contribution is 6.31. The van der Waals surface area contributed by atoms with Crippen LogP contribution in [-0.4, -0.2) is 11.0 Å². The molecular weight excluding hydrogens is 421 g/mol. The van der Waals surface area contributed by atoms with Gasteiger partial charge in [-0.2, -0.15) is 0 Å². The number of aliphatic hydroxyl groups excluding tert-OH is 1. The second-order valence-electron chi connectivity index (χ2n) is 6.67. The summed E-state index contributed by atoms with van der Waals surface area (Å²) in [5.74, 6) is 0.232. The Bertz CT molecular complexity index is 1190. The number of aliphatic hydroxyl groups is 1. The number of carbonyl (C=O) groups excluding carboxylic acids is 1. The molecule has 30 heavy (non-hydrogen) atoms. The first-order chi connectivity index (χ1) is 14.5. The second kappa shape index (κ2) is 8.76. The van der Waals surface area contributed by atoms with Crippen molar-refractivity contribution in [2.24, 2.45) is 0 Å². The molecule has 2 N–H and O–H groups in total. The molecule has 4 rings (SSSR count). The van der Waals surface area contributed by atoms with Crippen LogP contribution in [0.2, 0.25) is 10.0 Å². The van der Waals surface area contributed by atoms with Gasteiger partial charge in [-0.1, -0.05) is 65.7 Å². The molecule has 1 amide bonds. The molecule has 4 aromatic rings. The number of benzene rings is 3. The van der Waals surface area contributed by atoms with Gasteiger partial charge in [-0.25, -0.2) is 0 Å². The Hall–Kier alpha value is -3.05. The van der Waals surface area contributed by atoms with Crippen molar-refractivity contribution in [2.45, 2.75) is 6.10 Å². The maximum absolute atomic E-state index is 12.8. The summed E-state index contributed by atoms with van der Waals surface area (Å²) in [5, 5.41) is 14.7. The Labute approximate surface area is 183 Å². The van der Waals surface area contributed by atoms with Gasteiger partial charge in [-0.3, -0.25) is 4.79 Å². The molecule has 0 bridgehead atoms. The van der Waals surface area contributed by atoms with Gasteiger partial charge in [0, 0.05) is 26.9 Å². The van der Waals surface area contributed by atoms with Crippen molar-refractivity contribution < 1.29 is 14.3 Å². The number of hydrogen-bond acceptors (Lipinski definition) is 3. The average Bonchev–Trinajstić information content (AvgIpc) is 3.26. The average molecular weight is 438 g/mol. The number of amides is 1. The summed E-state index contributed by atoms with van der Waals surface area (Å²) < 4.78 is 5.71. The van der Waals surface area contributed by atoms with Gasteiger partial charge in [0.15, 0.2) is 5.76 Å². The quantitative estimate of drug-likeness (QED) is 0.370. The highest BCUT2D eigenvalue weighted by Gasteiger charge is 2.19. The first kappa shape index (κ1) is 20.2. The van der Waals surface area contributed by atoms with Crippen molar-refractivity contribution in [3.63, 3.8) is 0 Å². The van der Waals surface area contributed by atoms with E-state index in [4.69, 9.17) is 27.6 Å². The van der Waals surface area contributed by atoms with E-state index in [1.807, 2.05) is 30.3 Å². The number of rotatable bonds is 5.